The van der Waals surface area contributed by atoms with Gasteiger partial charge < -0.3 is 23.8 Å². The third kappa shape index (κ3) is 10.4. The van der Waals surface area contributed by atoms with Gasteiger partial charge in [-0.3, -0.25) is 4.79 Å². The number of hydrogen-bond donors (Lipinski definition) is 1. The van der Waals surface area contributed by atoms with Crippen LogP contribution in [-0.2, 0) is 29.4 Å². The van der Waals surface area contributed by atoms with Crippen molar-refractivity contribution >= 4 is 11.9 Å². The largest absolute Gasteiger partial charge is 0.459 e. The lowest BCUT2D eigenvalue weighted by molar-refractivity contribution is -0.967. The molecule has 0 bridgehead atoms. The highest BCUT2D eigenvalue weighted by Gasteiger charge is 2.52. The van der Waals surface area contributed by atoms with Crippen LogP contribution in [0.25, 0.3) is 0 Å². The molecule has 0 aliphatic carbocycles. The number of rotatable bonds is 18. The van der Waals surface area contributed by atoms with Gasteiger partial charge in [-0.25, -0.2) is 4.79 Å². The second kappa shape index (κ2) is 20.6. The van der Waals surface area contributed by atoms with Crippen LogP contribution in [-0.4, -0.2) is 66.7 Å². The van der Waals surface area contributed by atoms with Crippen LogP contribution >= 0.6 is 0 Å². The SMILES string of the molecule is CCCCCCCCCCCC(=O)OCOC(C(=O)OC1CC(C)[N+]2(CCCC2)C(CC)C1)(c1ccccc1)c1ccccc1.CO. The molecule has 0 radical (unpaired) electrons. The summed E-state index contributed by atoms with van der Waals surface area (Å²) in [4.78, 5) is 27.2. The fraction of sp³-hybridized carbons (Fsp3) is 0.650. The smallest absolute Gasteiger partial charge is 0.348 e. The van der Waals surface area contributed by atoms with Crippen LogP contribution < -0.4 is 0 Å². The Morgan fingerprint density at radius 3 is 1.85 bits per heavy atom. The second-order valence-electron chi connectivity index (χ2n) is 13.4. The standard InChI is InChI=1S/C39H58NO5.CH4O/c1-4-6-7-8-9-10-11-12-19-26-37(41)43-31-44-39(33-22-15-13-16-23-33,34-24-17-14-18-25-34)38(42)45-36-29-32(3)40(27-20-21-28-40)35(5-2)30-36;1-2/h13-18,22-25,32,35-36H,4-12,19-21,26-31H2,1-3H3;2H,1H3/q+1;. The summed E-state index contributed by atoms with van der Waals surface area (Å²) in [5.74, 6) is -0.746. The van der Waals surface area contributed by atoms with E-state index in [-0.39, 0.29) is 18.9 Å². The van der Waals surface area contributed by atoms with Crippen molar-refractivity contribution in [2.45, 2.75) is 141 Å². The van der Waals surface area contributed by atoms with Crippen LogP contribution in [0.5, 0.6) is 0 Å². The second-order valence-corrected chi connectivity index (χ2v) is 13.4. The van der Waals surface area contributed by atoms with Crippen molar-refractivity contribution in [2.75, 3.05) is 27.0 Å². The number of esters is 2. The maximum Gasteiger partial charge on any atom is 0.348 e. The molecule has 0 saturated carbocycles. The van der Waals surface area contributed by atoms with Gasteiger partial charge in [0.1, 0.15) is 6.10 Å². The van der Waals surface area contributed by atoms with E-state index in [1.165, 1.54) is 68.9 Å². The quantitative estimate of drug-likeness (QED) is 0.0753. The fourth-order valence-electron chi connectivity index (χ4n) is 7.96. The van der Waals surface area contributed by atoms with Crippen LogP contribution in [0.15, 0.2) is 60.7 Å². The third-order valence-corrected chi connectivity index (χ3v) is 10.5. The average molecular weight is 653 g/mol. The topological polar surface area (TPSA) is 82.1 Å². The van der Waals surface area contributed by atoms with E-state index >= 15 is 0 Å². The number of benzene rings is 2. The van der Waals surface area contributed by atoms with Gasteiger partial charge in [0.15, 0.2) is 6.79 Å². The molecule has 2 saturated heterocycles. The molecule has 262 valence electrons. The lowest BCUT2D eigenvalue weighted by atomic mass is 9.85. The maximum atomic E-state index is 14.5. The predicted molar refractivity (Wildman–Crippen MR) is 188 cm³/mol. The first kappa shape index (κ1) is 38.7. The van der Waals surface area contributed by atoms with Crippen molar-refractivity contribution in [3.8, 4) is 0 Å². The van der Waals surface area contributed by atoms with Gasteiger partial charge in [-0.2, -0.15) is 0 Å². The summed E-state index contributed by atoms with van der Waals surface area (Å²) in [5, 5.41) is 7.00. The Labute approximate surface area is 284 Å². The lowest BCUT2D eigenvalue weighted by Crippen LogP contribution is -2.63. The number of aliphatic hydroxyl groups excluding tert-OH is 1. The number of carbonyl (C=O) groups excluding carboxylic acids is 2. The Balaban J connectivity index is 0.00000294. The van der Waals surface area contributed by atoms with E-state index < -0.39 is 11.6 Å². The number of quaternary nitrogens is 1. The summed E-state index contributed by atoms with van der Waals surface area (Å²) in [6.07, 6.45) is 16.2. The molecular formula is C40H62NO6+. The number of unbranched alkanes of at least 4 members (excludes halogenated alkanes) is 8. The highest BCUT2D eigenvalue weighted by Crippen LogP contribution is 2.41. The minimum absolute atomic E-state index is 0.189. The first-order valence-electron chi connectivity index (χ1n) is 18.4. The Kier molecular flexibility index (Phi) is 17.0. The van der Waals surface area contributed by atoms with Crippen molar-refractivity contribution < 1.29 is 33.4 Å². The van der Waals surface area contributed by atoms with Crippen molar-refractivity contribution in [1.29, 1.82) is 0 Å². The zero-order valence-electron chi connectivity index (χ0n) is 29.7. The lowest BCUT2D eigenvalue weighted by Gasteiger charge is -2.51. The predicted octanol–water partition coefficient (Wildman–Crippen LogP) is 8.46. The molecule has 4 rings (SSSR count). The van der Waals surface area contributed by atoms with Gasteiger partial charge in [0, 0.05) is 39.2 Å². The van der Waals surface area contributed by atoms with E-state index in [0.717, 1.165) is 45.6 Å². The summed E-state index contributed by atoms with van der Waals surface area (Å²) in [6.45, 7) is 8.97. The average Bonchev–Trinajstić information content (AvgIpc) is 3.60. The molecule has 2 heterocycles. The number of hydrogen-bond acceptors (Lipinski definition) is 6. The van der Waals surface area contributed by atoms with E-state index in [9.17, 15) is 9.59 Å². The molecular weight excluding hydrogens is 590 g/mol. The molecule has 1 N–H and O–H groups in total. The molecule has 3 unspecified atom stereocenters. The first-order valence-corrected chi connectivity index (χ1v) is 18.4. The van der Waals surface area contributed by atoms with Crippen molar-refractivity contribution in [2.24, 2.45) is 0 Å². The normalized spacial score (nSPS) is 20.3. The van der Waals surface area contributed by atoms with Crippen LogP contribution in [0.1, 0.15) is 128 Å². The van der Waals surface area contributed by atoms with E-state index in [0.29, 0.717) is 29.6 Å². The molecule has 2 aromatic rings. The highest BCUT2D eigenvalue weighted by atomic mass is 16.7. The molecule has 0 aromatic heterocycles. The Morgan fingerprint density at radius 2 is 1.32 bits per heavy atom. The third-order valence-electron chi connectivity index (χ3n) is 10.5. The summed E-state index contributed by atoms with van der Waals surface area (Å²) >= 11 is 0. The number of aliphatic hydroxyl groups is 1. The van der Waals surface area contributed by atoms with Crippen LogP contribution in [0.3, 0.4) is 0 Å². The van der Waals surface area contributed by atoms with Crippen LogP contribution in [0.4, 0.5) is 0 Å². The molecule has 3 atom stereocenters. The van der Waals surface area contributed by atoms with Crippen LogP contribution in [0.2, 0.25) is 0 Å². The number of ether oxygens (including phenoxy) is 3. The van der Waals surface area contributed by atoms with Gasteiger partial charge >= 0.3 is 11.9 Å². The molecule has 7 heteroatoms. The van der Waals surface area contributed by atoms with E-state index in [1.807, 2.05) is 60.7 Å². The Morgan fingerprint density at radius 1 is 0.787 bits per heavy atom. The van der Waals surface area contributed by atoms with Crippen LogP contribution in [0, 0.1) is 0 Å². The van der Waals surface area contributed by atoms with Gasteiger partial charge in [0.25, 0.3) is 0 Å². The molecule has 1 spiro atoms. The number of piperidine rings is 1. The van der Waals surface area contributed by atoms with E-state index in [1.54, 1.807) is 0 Å². The summed E-state index contributed by atoms with van der Waals surface area (Å²) < 4.78 is 19.6. The highest BCUT2D eigenvalue weighted by molar-refractivity contribution is 5.86. The van der Waals surface area contributed by atoms with E-state index in [4.69, 9.17) is 19.3 Å². The fourth-order valence-corrected chi connectivity index (χ4v) is 7.96. The molecule has 2 fully saturated rings. The van der Waals surface area contributed by atoms with Gasteiger partial charge in [-0.1, -0.05) is 126 Å². The summed E-state index contributed by atoms with van der Waals surface area (Å²) in [5.41, 5.74) is -0.228. The summed E-state index contributed by atoms with van der Waals surface area (Å²) in [6, 6.07) is 19.9. The monoisotopic (exact) mass is 652 g/mol. The van der Waals surface area contributed by atoms with Crippen molar-refractivity contribution in [3.05, 3.63) is 71.8 Å². The Hall–Kier alpha value is -2.74. The van der Waals surface area contributed by atoms with Gasteiger partial charge in [0.2, 0.25) is 5.60 Å². The minimum Gasteiger partial charge on any atom is -0.459 e. The first-order chi connectivity index (χ1) is 23.0. The molecule has 0 amide bonds. The molecule has 7 nitrogen and oxygen atoms in total. The number of nitrogens with zero attached hydrogens (tertiary/aromatic N) is 1. The maximum absolute atomic E-state index is 14.5. The Bertz CT molecular complexity index is 1110. The summed E-state index contributed by atoms with van der Waals surface area (Å²) in [7, 11) is 1.00. The minimum atomic E-state index is -1.55. The van der Waals surface area contributed by atoms with E-state index in [2.05, 4.69) is 20.8 Å². The van der Waals surface area contributed by atoms with Crippen molar-refractivity contribution in [3.63, 3.8) is 0 Å². The van der Waals surface area contributed by atoms with Gasteiger partial charge in [0.05, 0.1) is 25.2 Å². The zero-order chi connectivity index (χ0) is 34.0. The van der Waals surface area contributed by atoms with Gasteiger partial charge in [-0.05, 0) is 30.9 Å². The molecule has 47 heavy (non-hydrogen) atoms. The zero-order valence-corrected chi connectivity index (χ0v) is 29.7. The molecule has 2 aliphatic rings. The van der Waals surface area contributed by atoms with Crippen molar-refractivity contribution in [1.82, 2.24) is 0 Å². The molecule has 2 aliphatic heterocycles. The van der Waals surface area contributed by atoms with Gasteiger partial charge in [-0.15, -0.1) is 0 Å². The molecule has 2 aromatic carbocycles. The number of carbonyl (C=O) groups is 2.